The first-order valence-electron chi connectivity index (χ1n) is 48.8. The summed E-state index contributed by atoms with van der Waals surface area (Å²) in [5, 5.41) is 62.2. The predicted octanol–water partition coefficient (Wildman–Crippen LogP) is -3.31. The molecule has 0 bridgehead atoms. The highest BCUT2D eigenvalue weighted by atomic mass is 16.3. The van der Waals surface area contributed by atoms with Gasteiger partial charge in [0.05, 0.1) is 31.3 Å². The molecule has 808 valence electrons. The molecule has 146 heavy (non-hydrogen) atoms. The third-order valence-corrected chi connectivity index (χ3v) is 24.9. The molecule has 1 aromatic heterocycles. The van der Waals surface area contributed by atoms with Crippen molar-refractivity contribution in [1.82, 2.24) is 115 Å². The zero-order chi connectivity index (χ0) is 111. The molecule has 0 radical (unpaired) electrons. The first-order valence-corrected chi connectivity index (χ1v) is 48.8. The maximum atomic E-state index is 14.6. The van der Waals surface area contributed by atoms with Crippen LogP contribution < -0.4 is 108 Å². The van der Waals surface area contributed by atoms with Gasteiger partial charge in [0.2, 0.25) is 130 Å². The number of aromatic nitrogens is 3. The number of benzene rings is 2. The third kappa shape index (κ3) is 36.0. The number of primary amides is 3. The van der Waals surface area contributed by atoms with Crippen molar-refractivity contribution in [2.45, 2.75) is 342 Å². The molecule has 0 saturated carbocycles. The van der Waals surface area contributed by atoms with Gasteiger partial charge in [0, 0.05) is 44.5 Å². The molecule has 2 aliphatic heterocycles. The molecule has 3 aromatic rings. The Labute approximate surface area is 850 Å². The summed E-state index contributed by atoms with van der Waals surface area (Å²) in [4.78, 5) is 305. The number of amides is 22. The fourth-order valence-electron chi connectivity index (χ4n) is 15.6. The van der Waals surface area contributed by atoms with E-state index in [0.717, 1.165) is 11.1 Å². The molecule has 2 saturated heterocycles. The van der Waals surface area contributed by atoms with Crippen LogP contribution in [0.15, 0.2) is 66.9 Å². The first kappa shape index (κ1) is 122. The Bertz CT molecular complexity index is 5260. The van der Waals surface area contributed by atoms with E-state index in [9.17, 15) is 111 Å². The number of nitrogens with two attached hydrogens (primary N) is 3. The molecule has 2 fully saturated rings. The largest absolute Gasteiger partial charge is 0.394 e. The summed E-state index contributed by atoms with van der Waals surface area (Å²) in [5.74, 6) is -20.7. The van der Waals surface area contributed by atoms with Gasteiger partial charge in [-0.05, 0) is 199 Å². The average molecular weight is 2050 g/mol. The number of likely N-dealkylation sites (tertiary alicyclic amines) is 2. The van der Waals surface area contributed by atoms with Crippen molar-refractivity contribution >= 4 is 130 Å². The van der Waals surface area contributed by atoms with Crippen molar-refractivity contribution in [2.75, 3.05) is 32.8 Å². The summed E-state index contributed by atoms with van der Waals surface area (Å²) in [5.41, 5.74) is 4.66. The van der Waals surface area contributed by atoms with E-state index >= 15 is 0 Å². The van der Waals surface area contributed by atoms with Gasteiger partial charge in [0.15, 0.2) is 0 Å². The molecule has 0 unspecified atom stereocenters. The van der Waals surface area contributed by atoms with E-state index in [1.807, 2.05) is 30.3 Å². The van der Waals surface area contributed by atoms with Crippen LogP contribution in [-0.2, 0) is 117 Å². The fraction of sp³-hybridized carbons (Fsp3) is 0.633. The van der Waals surface area contributed by atoms with Crippen LogP contribution in [-0.4, -0.2) is 292 Å². The molecule has 5 rings (SSSR count). The number of nitrogens with zero attached hydrogens (tertiary/aromatic N) is 5. The van der Waals surface area contributed by atoms with Crippen molar-refractivity contribution in [3.8, 4) is 11.3 Å². The minimum absolute atomic E-state index is 0.00815. The first-order chi connectivity index (χ1) is 67.4. The van der Waals surface area contributed by atoms with Crippen LogP contribution >= 0.6 is 0 Å². The minimum atomic E-state index is -1.91. The van der Waals surface area contributed by atoms with Crippen molar-refractivity contribution in [1.29, 1.82) is 0 Å². The molecule has 0 aliphatic carbocycles. The number of aliphatic hydroxyl groups is 1. The summed E-state index contributed by atoms with van der Waals surface area (Å²) in [6.07, 6.45) is 0.198. The van der Waals surface area contributed by atoms with E-state index in [1.165, 1.54) is 120 Å². The van der Waals surface area contributed by atoms with Gasteiger partial charge in [0.25, 0.3) is 0 Å². The van der Waals surface area contributed by atoms with Gasteiger partial charge in [-0.15, -0.1) is 5.10 Å². The average Bonchev–Trinajstić information content (AvgIpc) is 1.64. The molecular weight excluding hydrogens is 1900 g/mol. The summed E-state index contributed by atoms with van der Waals surface area (Å²) in [6, 6.07) is 4.70. The molecule has 2 aliphatic rings. The smallest absolute Gasteiger partial charge is 0.250 e. The number of carbonyl (C=O) groups is 22. The molecule has 2 aromatic carbocycles. The van der Waals surface area contributed by atoms with Gasteiger partial charge in [-0.3, -0.25) is 105 Å². The monoisotopic (exact) mass is 2050 g/mol. The van der Waals surface area contributed by atoms with Crippen LogP contribution in [0, 0.1) is 23.7 Å². The van der Waals surface area contributed by atoms with E-state index < -0.39 is 285 Å². The van der Waals surface area contributed by atoms with Crippen LogP contribution in [0.5, 0.6) is 0 Å². The Morgan fingerprint density at radius 2 is 0.836 bits per heavy atom. The minimum Gasteiger partial charge on any atom is -0.394 e. The SMILES string of the molecule is CC(C)C[C@H](NC(=O)CNC(=O)C(C)(C)NC(=O)[C@@H](NC(=O)C(C)(C)NC(=O)[C@H](CCC(N)=O)NC(=O)[C@H](C)NC(=O)C(C)(C)NC(=O)[C@H](C)NC(=O)C(C)(C)NC(=O)[C@@H]1CCN(C(=O)C(C)(C)n2cc(-c3ccccc3)nn2)C1)C(C)C)C(=O)NC(C)(C)C(=O)N1CCC[C@@H]1C(=O)N[C@H](C(=O)NC(C)(C)C(=O)NC(C)(C)C(=O)N[C@@H](CCC(N)=O)C(=O)N[C@@H](CCC(N)=O)C(=O)N[C@H](CO)Cc1ccccc1)C(C)C. The van der Waals surface area contributed by atoms with Gasteiger partial charge in [-0.2, -0.15) is 0 Å². The van der Waals surface area contributed by atoms with Gasteiger partial charge < -0.3 is 122 Å². The second kappa shape index (κ2) is 52.1. The van der Waals surface area contributed by atoms with Crippen molar-refractivity contribution in [3.05, 3.63) is 72.4 Å². The van der Waals surface area contributed by atoms with Crippen LogP contribution in [0.4, 0.5) is 0 Å². The van der Waals surface area contributed by atoms with E-state index in [2.05, 4.69) is 101 Å². The quantitative estimate of drug-likeness (QED) is 0.0263. The number of hydrogen-bond acceptors (Lipinski definition) is 25. The number of carbonyl (C=O) groups excluding carboxylic acids is 22. The van der Waals surface area contributed by atoms with Crippen LogP contribution in [0.2, 0.25) is 0 Å². The summed E-state index contributed by atoms with van der Waals surface area (Å²) < 4.78 is 1.47. The maximum Gasteiger partial charge on any atom is 0.250 e. The highest BCUT2D eigenvalue weighted by Crippen LogP contribution is 2.29. The second-order valence-corrected chi connectivity index (χ2v) is 42.6. The van der Waals surface area contributed by atoms with Crippen LogP contribution in [0.1, 0.15) is 236 Å². The normalized spacial score (nSPS) is 16.0. The lowest BCUT2D eigenvalue weighted by atomic mass is 9.96. The van der Waals surface area contributed by atoms with Gasteiger partial charge in [-0.25, -0.2) is 4.68 Å². The Morgan fingerprint density at radius 3 is 1.35 bits per heavy atom. The lowest BCUT2D eigenvalue weighted by Crippen LogP contribution is -2.66. The lowest BCUT2D eigenvalue weighted by molar-refractivity contribution is -0.146. The molecule has 48 nitrogen and oxygen atoms in total. The van der Waals surface area contributed by atoms with Crippen LogP contribution in [0.25, 0.3) is 11.3 Å². The van der Waals surface area contributed by atoms with Crippen molar-refractivity contribution in [2.24, 2.45) is 40.9 Å². The van der Waals surface area contributed by atoms with Gasteiger partial charge >= 0.3 is 0 Å². The zero-order valence-corrected chi connectivity index (χ0v) is 88.1. The summed E-state index contributed by atoms with van der Waals surface area (Å²) >= 11 is 0. The lowest BCUT2D eigenvalue weighted by Gasteiger charge is -2.36. The van der Waals surface area contributed by atoms with Crippen molar-refractivity contribution in [3.63, 3.8) is 0 Å². The highest BCUT2D eigenvalue weighted by molar-refractivity contribution is 6.04. The second-order valence-electron chi connectivity index (χ2n) is 42.6. The van der Waals surface area contributed by atoms with Gasteiger partial charge in [-0.1, -0.05) is 107 Å². The molecule has 11 atom stereocenters. The van der Waals surface area contributed by atoms with E-state index in [4.69, 9.17) is 17.2 Å². The number of nitrogens with one attached hydrogen (secondary N) is 17. The van der Waals surface area contributed by atoms with Crippen LogP contribution in [0.3, 0.4) is 0 Å². The van der Waals surface area contributed by atoms with Crippen molar-refractivity contribution < 1.29 is 111 Å². The summed E-state index contributed by atoms with van der Waals surface area (Å²) in [7, 11) is 0. The zero-order valence-electron chi connectivity index (χ0n) is 88.1. The molecule has 3 heterocycles. The fourth-order valence-corrected chi connectivity index (χ4v) is 15.6. The topological polar surface area (TPSA) is 716 Å². The van der Waals surface area contributed by atoms with Gasteiger partial charge in [0.1, 0.15) is 104 Å². The highest BCUT2D eigenvalue weighted by Gasteiger charge is 2.49. The Morgan fingerprint density at radius 1 is 0.411 bits per heavy atom. The standard InChI is InChI=1S/C98H153N25O23/c1-52(2)46-64(79(135)115-97(21,22)89(145)122-44-31-36-66(122)80(136)110-71(53(3)4)81(137)117-96(19,20)88(144)118-95(17,18)86(142)109-62(38-41-68(100)126)77(133)108-61(37-40-67(99)125)76(132)105-60(51-124)47-57-32-27-25-28-33-57)106-70(128)48-102-83(139)91(9,10)116-82(138)72(54(5)6)111-87(143)94(15,16)114-78(134)63(39-42-69(101)127)107-73(129)55(7)103-84(140)92(11,12)112-74(130)56(8)104-85(141)93(13,14)113-75(131)59-43-45-121(49-59)90(146)98(23,24)123-50-65(119-120-123)58-34-29-26-30-35-58/h25-30,32-35,50,52-56,59-64,66,71-72,124H,31,36-49,51H2,1-24H3,(H2,99,125)(H2,100,126)(H2,101,127)(H,102,139)(H,103,140)(H,104,141)(H,105,132)(H,106,128)(H,107,129)(H,108,133)(H,109,142)(H,110,136)(H,111,143)(H,112,130)(H,113,131)(H,114,134)(H,115,135)(H,116,138)(H,117,137)(H,118,144)/t55-,56-,59+,60-,61-,62-,63-,64-,66+,71-,72-/m0/s1. The Balaban J connectivity index is 1.12. The number of aliphatic hydroxyl groups excluding tert-OH is 1. The molecule has 22 amide bonds. The summed E-state index contributed by atoms with van der Waals surface area (Å²) in [6.45, 7) is 33.4. The molecular formula is C98H153N25O23. The molecule has 0 spiro atoms. The number of hydrogen-bond donors (Lipinski definition) is 21. The molecule has 48 heteroatoms. The number of rotatable bonds is 54. The van der Waals surface area contributed by atoms with E-state index in [0.29, 0.717) is 18.5 Å². The Hall–Kier alpha value is -14.1. The molecule has 24 N–H and O–H groups in total. The van der Waals surface area contributed by atoms with E-state index in [1.54, 1.807) is 96.8 Å². The predicted molar refractivity (Wildman–Crippen MR) is 533 cm³/mol. The Kier molecular flexibility index (Phi) is 43.7. The van der Waals surface area contributed by atoms with E-state index in [-0.39, 0.29) is 63.6 Å². The maximum absolute atomic E-state index is 14.6. The third-order valence-electron chi connectivity index (χ3n) is 24.9.